The van der Waals surface area contributed by atoms with Crippen molar-refractivity contribution in [2.24, 2.45) is 0 Å². The Morgan fingerprint density at radius 3 is 2.55 bits per heavy atom. The van der Waals surface area contributed by atoms with Gasteiger partial charge in [0.05, 0.1) is 12.8 Å². The normalized spacial score (nSPS) is 16.2. The predicted octanol–water partition coefficient (Wildman–Crippen LogP) is 5.08. The monoisotopic (exact) mass is 460 g/mol. The van der Waals surface area contributed by atoms with Crippen LogP contribution in [0.3, 0.4) is 0 Å². The molecule has 0 bridgehead atoms. The second-order valence-corrected chi connectivity index (χ2v) is 8.55. The van der Waals surface area contributed by atoms with Crippen LogP contribution in [0.25, 0.3) is 6.08 Å². The molecule has 31 heavy (non-hydrogen) atoms. The zero-order valence-corrected chi connectivity index (χ0v) is 19.1. The highest BCUT2D eigenvalue weighted by atomic mass is 35.5. The summed E-state index contributed by atoms with van der Waals surface area (Å²) in [5.41, 5.74) is 2.57. The van der Waals surface area contributed by atoms with Gasteiger partial charge in [0, 0.05) is 40.8 Å². The molecule has 7 heteroatoms. The van der Waals surface area contributed by atoms with Crippen LogP contribution in [0.15, 0.2) is 36.4 Å². The molecule has 2 aromatic rings. The summed E-state index contributed by atoms with van der Waals surface area (Å²) < 4.78 is 11.6. The number of likely N-dealkylation sites (tertiary alicyclic amines) is 1. The van der Waals surface area contributed by atoms with Gasteiger partial charge >= 0.3 is 0 Å². The molecule has 2 aliphatic rings. The number of carbonyl (C=O) groups is 1. The maximum Gasteiger partial charge on any atom is 0.251 e. The first kappa shape index (κ1) is 22.0. The molecule has 1 fully saturated rings. The fraction of sp³-hybridized carbons (Fsp3) is 0.375. The third kappa shape index (κ3) is 5.00. The molecule has 1 amide bonds. The average Bonchev–Trinajstić information content (AvgIpc) is 3.42. The maximum atomic E-state index is 12.9. The summed E-state index contributed by atoms with van der Waals surface area (Å²) in [6, 6.07) is 9.17. The Morgan fingerprint density at radius 2 is 1.84 bits per heavy atom. The number of amides is 1. The molecule has 2 heterocycles. The van der Waals surface area contributed by atoms with E-state index < -0.39 is 0 Å². The van der Waals surface area contributed by atoms with Crippen molar-refractivity contribution in [3.63, 3.8) is 0 Å². The number of hydrogen-bond donors (Lipinski definition) is 0. The van der Waals surface area contributed by atoms with Crippen LogP contribution < -0.4 is 14.4 Å². The van der Waals surface area contributed by atoms with Gasteiger partial charge in [0.2, 0.25) is 0 Å². The lowest BCUT2D eigenvalue weighted by Gasteiger charge is -2.19. The zero-order chi connectivity index (χ0) is 21.8. The van der Waals surface area contributed by atoms with Gasteiger partial charge in [-0.25, -0.2) is 0 Å². The molecular formula is C24H26Cl2N2O3. The lowest BCUT2D eigenvalue weighted by atomic mass is 10.1. The molecule has 0 aliphatic carbocycles. The van der Waals surface area contributed by atoms with Gasteiger partial charge in [-0.05, 0) is 62.2 Å². The van der Waals surface area contributed by atoms with E-state index >= 15 is 0 Å². The number of benzene rings is 2. The predicted molar refractivity (Wildman–Crippen MR) is 126 cm³/mol. The molecule has 2 aliphatic heterocycles. The van der Waals surface area contributed by atoms with Crippen molar-refractivity contribution in [3.8, 4) is 11.5 Å². The highest BCUT2D eigenvalue weighted by Gasteiger charge is 2.26. The number of carbonyl (C=O) groups excluding carboxylic acids is 1. The van der Waals surface area contributed by atoms with Crippen molar-refractivity contribution in [1.82, 2.24) is 4.90 Å². The molecule has 0 atom stereocenters. The first-order valence-corrected chi connectivity index (χ1v) is 11.3. The summed E-state index contributed by atoms with van der Waals surface area (Å²) in [5.74, 6) is 1.24. The van der Waals surface area contributed by atoms with Crippen LogP contribution in [0.4, 0.5) is 5.69 Å². The van der Waals surface area contributed by atoms with E-state index in [1.54, 1.807) is 36.3 Å². The molecule has 0 unspecified atom stereocenters. The van der Waals surface area contributed by atoms with Gasteiger partial charge in [-0.3, -0.25) is 9.69 Å². The fourth-order valence-corrected chi connectivity index (χ4v) is 4.63. The van der Waals surface area contributed by atoms with Crippen molar-refractivity contribution >= 4 is 40.9 Å². The first-order chi connectivity index (χ1) is 15.1. The summed E-state index contributed by atoms with van der Waals surface area (Å²) in [5, 5.41) is 1.02. The SMILES string of the molecule is COc1cc2c(cc1OCCN1CCCC1)N(C(=O)/C=C/c1c(Cl)cccc1Cl)CC2. The van der Waals surface area contributed by atoms with Crippen molar-refractivity contribution in [2.75, 3.05) is 44.8 Å². The van der Waals surface area contributed by atoms with Gasteiger partial charge < -0.3 is 14.4 Å². The average molecular weight is 461 g/mol. The molecule has 0 aromatic heterocycles. The van der Waals surface area contributed by atoms with Crippen LogP contribution in [-0.4, -0.2) is 50.7 Å². The summed E-state index contributed by atoms with van der Waals surface area (Å²) in [6.07, 6.45) is 6.47. The second kappa shape index (κ2) is 9.94. The molecule has 0 saturated carbocycles. The van der Waals surface area contributed by atoms with Gasteiger partial charge in [0.1, 0.15) is 6.61 Å². The van der Waals surface area contributed by atoms with Gasteiger partial charge in [-0.2, -0.15) is 0 Å². The number of rotatable bonds is 7. The molecule has 1 saturated heterocycles. The molecule has 0 N–H and O–H groups in total. The van der Waals surface area contributed by atoms with Gasteiger partial charge in [-0.15, -0.1) is 0 Å². The Kier molecular flexibility index (Phi) is 7.06. The molecule has 4 rings (SSSR count). The number of methoxy groups -OCH3 is 1. The van der Waals surface area contributed by atoms with E-state index in [0.29, 0.717) is 40.3 Å². The Balaban J connectivity index is 1.49. The zero-order valence-electron chi connectivity index (χ0n) is 17.6. The molecule has 2 aromatic carbocycles. The minimum atomic E-state index is -0.122. The minimum absolute atomic E-state index is 0.122. The molecule has 164 valence electrons. The van der Waals surface area contributed by atoms with E-state index in [2.05, 4.69) is 4.90 Å². The number of halogens is 2. The second-order valence-electron chi connectivity index (χ2n) is 7.74. The highest BCUT2D eigenvalue weighted by Crippen LogP contribution is 2.39. The third-order valence-electron chi connectivity index (χ3n) is 5.78. The van der Waals surface area contributed by atoms with E-state index in [1.807, 2.05) is 12.1 Å². The lowest BCUT2D eigenvalue weighted by Crippen LogP contribution is -2.27. The van der Waals surface area contributed by atoms with Crippen molar-refractivity contribution in [1.29, 1.82) is 0 Å². The van der Waals surface area contributed by atoms with E-state index in [-0.39, 0.29) is 5.91 Å². The fourth-order valence-electron chi connectivity index (χ4n) is 4.10. The van der Waals surface area contributed by atoms with E-state index in [4.69, 9.17) is 32.7 Å². The molecule has 0 radical (unpaired) electrons. The van der Waals surface area contributed by atoms with E-state index in [9.17, 15) is 4.79 Å². The van der Waals surface area contributed by atoms with E-state index in [1.165, 1.54) is 18.9 Å². The summed E-state index contributed by atoms with van der Waals surface area (Å²) in [7, 11) is 1.64. The smallest absolute Gasteiger partial charge is 0.251 e. The van der Waals surface area contributed by atoms with Crippen molar-refractivity contribution in [2.45, 2.75) is 19.3 Å². The number of hydrogen-bond acceptors (Lipinski definition) is 4. The number of ether oxygens (including phenoxy) is 2. The number of fused-ring (bicyclic) bond motifs is 1. The lowest BCUT2D eigenvalue weighted by molar-refractivity contribution is -0.114. The van der Waals surface area contributed by atoms with Crippen LogP contribution in [-0.2, 0) is 11.2 Å². The summed E-state index contributed by atoms with van der Waals surface area (Å²) in [6.45, 7) is 4.36. The molecule has 5 nitrogen and oxygen atoms in total. The molecule has 0 spiro atoms. The standard InChI is InChI=1S/C24H26Cl2N2O3/c1-30-22-15-17-9-12-28(24(29)8-7-18-19(25)5-4-6-20(18)26)21(17)16-23(22)31-14-13-27-10-2-3-11-27/h4-8,15-16H,2-3,9-14H2,1H3/b8-7+. The van der Waals surface area contributed by atoms with Crippen LogP contribution in [0, 0.1) is 0 Å². The van der Waals surface area contributed by atoms with Gasteiger partial charge in [-0.1, -0.05) is 29.3 Å². The number of anilines is 1. The summed E-state index contributed by atoms with van der Waals surface area (Å²) >= 11 is 12.4. The minimum Gasteiger partial charge on any atom is -0.493 e. The highest BCUT2D eigenvalue weighted by molar-refractivity contribution is 6.37. The van der Waals surface area contributed by atoms with Crippen LogP contribution in [0.2, 0.25) is 10.0 Å². The largest absolute Gasteiger partial charge is 0.493 e. The van der Waals surface area contributed by atoms with Crippen molar-refractivity contribution < 1.29 is 14.3 Å². The van der Waals surface area contributed by atoms with E-state index in [0.717, 1.165) is 37.3 Å². The summed E-state index contributed by atoms with van der Waals surface area (Å²) in [4.78, 5) is 17.1. The topological polar surface area (TPSA) is 42.0 Å². The van der Waals surface area contributed by atoms with Gasteiger partial charge in [0.15, 0.2) is 11.5 Å². The Hall–Kier alpha value is -2.21. The van der Waals surface area contributed by atoms with Gasteiger partial charge in [0.25, 0.3) is 5.91 Å². The Labute approximate surface area is 193 Å². The quantitative estimate of drug-likeness (QED) is 0.540. The maximum absolute atomic E-state index is 12.9. The number of nitrogens with zero attached hydrogens (tertiary/aromatic N) is 2. The third-order valence-corrected chi connectivity index (χ3v) is 6.44. The first-order valence-electron chi connectivity index (χ1n) is 10.6. The Bertz CT molecular complexity index is 967. The van der Waals surface area contributed by atoms with Crippen molar-refractivity contribution in [3.05, 3.63) is 57.6 Å². The van der Waals surface area contributed by atoms with Crippen LogP contribution in [0.1, 0.15) is 24.0 Å². The molecular weight excluding hydrogens is 435 g/mol. The van der Waals surface area contributed by atoms with Crippen LogP contribution >= 0.6 is 23.2 Å². The van der Waals surface area contributed by atoms with Crippen LogP contribution in [0.5, 0.6) is 11.5 Å². The Morgan fingerprint density at radius 1 is 1.10 bits per heavy atom.